The minimum atomic E-state index is -3.81. The van der Waals surface area contributed by atoms with E-state index in [0.29, 0.717) is 24.7 Å². The molecule has 0 fully saturated rings. The number of anilines is 1. The van der Waals surface area contributed by atoms with Crippen LogP contribution in [0.25, 0.3) is 0 Å². The highest BCUT2D eigenvalue weighted by atomic mass is 35.5. The number of amides is 1. The second-order valence-corrected chi connectivity index (χ2v) is 8.14. The van der Waals surface area contributed by atoms with E-state index < -0.39 is 15.9 Å². The monoisotopic (exact) mass is 426 g/mol. The van der Waals surface area contributed by atoms with Crippen molar-refractivity contribution < 1.29 is 23.1 Å². The molecule has 0 unspecified atom stereocenters. The van der Waals surface area contributed by atoms with Crippen LogP contribution in [0.5, 0.6) is 11.5 Å². The van der Waals surface area contributed by atoms with Gasteiger partial charge < -0.3 is 15.2 Å². The first-order valence-corrected chi connectivity index (χ1v) is 10.6. The second-order valence-electron chi connectivity index (χ2n) is 5.80. The molecule has 28 heavy (non-hydrogen) atoms. The Bertz CT molecular complexity index is 959. The van der Waals surface area contributed by atoms with Gasteiger partial charge in [0.05, 0.1) is 12.2 Å². The van der Waals surface area contributed by atoms with E-state index in [-0.39, 0.29) is 27.6 Å². The minimum Gasteiger partial charge on any atom is -0.507 e. The molecule has 0 heterocycles. The highest BCUT2D eigenvalue weighted by molar-refractivity contribution is 7.89. The van der Waals surface area contributed by atoms with E-state index in [1.165, 1.54) is 40.7 Å². The van der Waals surface area contributed by atoms with E-state index in [4.69, 9.17) is 16.3 Å². The number of carbonyl (C=O) groups excluding carboxylic acids is 1. The third-order valence-electron chi connectivity index (χ3n) is 4.03. The highest BCUT2D eigenvalue weighted by Gasteiger charge is 2.26. The Hall–Kier alpha value is -2.29. The molecule has 0 aliphatic carbocycles. The van der Waals surface area contributed by atoms with Crippen LogP contribution in [-0.4, -0.2) is 43.4 Å². The molecule has 0 saturated carbocycles. The molecule has 0 aromatic heterocycles. The van der Waals surface area contributed by atoms with Crippen LogP contribution in [0.1, 0.15) is 31.1 Å². The molecule has 0 bridgehead atoms. The summed E-state index contributed by atoms with van der Waals surface area (Å²) in [6, 6.07) is 8.47. The van der Waals surface area contributed by atoms with Crippen molar-refractivity contribution in [2.75, 3.05) is 25.0 Å². The lowest BCUT2D eigenvalue weighted by Crippen LogP contribution is -2.31. The third-order valence-corrected chi connectivity index (χ3v) is 6.33. The lowest BCUT2D eigenvalue weighted by atomic mass is 10.2. The average Bonchev–Trinajstić information content (AvgIpc) is 2.65. The van der Waals surface area contributed by atoms with Crippen LogP contribution in [-0.2, 0) is 10.0 Å². The van der Waals surface area contributed by atoms with Crippen molar-refractivity contribution in [3.05, 3.63) is 47.0 Å². The second kappa shape index (κ2) is 9.27. The van der Waals surface area contributed by atoms with Gasteiger partial charge in [-0.2, -0.15) is 4.31 Å². The third kappa shape index (κ3) is 4.76. The van der Waals surface area contributed by atoms with Crippen molar-refractivity contribution in [2.45, 2.75) is 25.7 Å². The summed E-state index contributed by atoms with van der Waals surface area (Å²) in [6.45, 7) is 6.15. The van der Waals surface area contributed by atoms with E-state index in [0.717, 1.165) is 0 Å². The van der Waals surface area contributed by atoms with Crippen molar-refractivity contribution in [1.29, 1.82) is 0 Å². The predicted octanol–water partition coefficient (Wildman–Crippen LogP) is 3.73. The van der Waals surface area contributed by atoms with E-state index in [9.17, 15) is 18.3 Å². The zero-order valence-electron chi connectivity index (χ0n) is 15.9. The molecule has 7 nitrogen and oxygen atoms in total. The number of benzene rings is 2. The van der Waals surface area contributed by atoms with E-state index in [1.807, 2.05) is 0 Å². The van der Waals surface area contributed by atoms with Gasteiger partial charge in [-0.1, -0.05) is 25.4 Å². The van der Waals surface area contributed by atoms with Crippen molar-refractivity contribution in [3.8, 4) is 11.5 Å². The first-order chi connectivity index (χ1) is 13.2. The van der Waals surface area contributed by atoms with Gasteiger partial charge in [0.1, 0.15) is 16.4 Å². The molecular weight excluding hydrogens is 404 g/mol. The molecule has 1 amide bonds. The number of rotatable bonds is 8. The molecule has 0 aliphatic rings. The fourth-order valence-corrected chi connectivity index (χ4v) is 4.44. The number of ether oxygens (including phenoxy) is 1. The summed E-state index contributed by atoms with van der Waals surface area (Å²) in [5, 5.41) is 12.8. The van der Waals surface area contributed by atoms with E-state index in [1.54, 1.807) is 20.8 Å². The van der Waals surface area contributed by atoms with Crippen LogP contribution in [0.2, 0.25) is 5.02 Å². The fourth-order valence-electron chi connectivity index (χ4n) is 2.65. The van der Waals surface area contributed by atoms with Crippen LogP contribution >= 0.6 is 11.6 Å². The summed E-state index contributed by atoms with van der Waals surface area (Å²) < 4.78 is 32.7. The van der Waals surface area contributed by atoms with Crippen molar-refractivity contribution in [3.63, 3.8) is 0 Å². The lowest BCUT2D eigenvalue weighted by molar-refractivity contribution is 0.102. The van der Waals surface area contributed by atoms with Gasteiger partial charge in [0.15, 0.2) is 0 Å². The molecular formula is C19H23ClN2O5S. The van der Waals surface area contributed by atoms with Crippen LogP contribution in [0.15, 0.2) is 41.3 Å². The Labute approximate surface area is 169 Å². The lowest BCUT2D eigenvalue weighted by Gasteiger charge is -2.21. The summed E-state index contributed by atoms with van der Waals surface area (Å²) in [5.74, 6) is -0.642. The molecule has 152 valence electrons. The fraction of sp³-hybridized carbons (Fsp3) is 0.316. The van der Waals surface area contributed by atoms with E-state index >= 15 is 0 Å². The maximum atomic E-state index is 13.0. The zero-order chi connectivity index (χ0) is 20.9. The minimum absolute atomic E-state index is 0.0189. The first-order valence-electron chi connectivity index (χ1n) is 8.81. The van der Waals surface area contributed by atoms with Gasteiger partial charge in [-0.3, -0.25) is 4.79 Å². The molecule has 0 radical (unpaired) electrons. The Balaban J connectivity index is 2.44. The molecule has 0 spiro atoms. The van der Waals surface area contributed by atoms with Crippen molar-refractivity contribution in [2.24, 2.45) is 0 Å². The summed E-state index contributed by atoms with van der Waals surface area (Å²) in [5.41, 5.74) is 0.230. The number of nitrogens with zero attached hydrogens (tertiary/aromatic N) is 1. The molecule has 0 aliphatic heterocycles. The van der Waals surface area contributed by atoms with E-state index in [2.05, 4.69) is 5.32 Å². The highest BCUT2D eigenvalue weighted by Crippen LogP contribution is 2.31. The number of phenols is 1. The summed E-state index contributed by atoms with van der Waals surface area (Å²) in [4.78, 5) is 12.4. The molecule has 2 aromatic rings. The molecule has 0 atom stereocenters. The Morgan fingerprint density at radius 1 is 1.14 bits per heavy atom. The van der Waals surface area contributed by atoms with Gasteiger partial charge in [0.2, 0.25) is 10.0 Å². The molecule has 2 aromatic carbocycles. The van der Waals surface area contributed by atoms with Crippen LogP contribution in [0.3, 0.4) is 0 Å². The summed E-state index contributed by atoms with van der Waals surface area (Å²) in [6.07, 6.45) is 0. The number of carbonyl (C=O) groups is 1. The number of nitrogens with one attached hydrogen (secondary N) is 1. The van der Waals surface area contributed by atoms with Gasteiger partial charge in [-0.25, -0.2) is 8.42 Å². The van der Waals surface area contributed by atoms with Gasteiger partial charge in [0.25, 0.3) is 5.91 Å². The summed E-state index contributed by atoms with van der Waals surface area (Å²) in [7, 11) is -3.81. The standard InChI is InChI=1S/C19H23ClN2O5S/c1-4-22(5-2)28(25,26)18-12-14(8-10-17(18)27-6-3)21-19(24)15-11-13(20)7-9-16(15)23/h7-12,23H,4-6H2,1-3H3,(H,21,24). The van der Waals surface area contributed by atoms with Gasteiger partial charge in [-0.05, 0) is 43.3 Å². The Kier molecular flexibility index (Phi) is 7.29. The number of hydrogen-bond acceptors (Lipinski definition) is 5. The van der Waals surface area contributed by atoms with Crippen LogP contribution in [0.4, 0.5) is 5.69 Å². The average molecular weight is 427 g/mol. The van der Waals surface area contributed by atoms with Crippen molar-refractivity contribution in [1.82, 2.24) is 4.31 Å². The SMILES string of the molecule is CCOc1ccc(NC(=O)c2cc(Cl)ccc2O)cc1S(=O)(=O)N(CC)CC. The number of aromatic hydroxyl groups is 1. The van der Waals surface area contributed by atoms with Gasteiger partial charge >= 0.3 is 0 Å². The molecule has 0 saturated heterocycles. The molecule has 2 N–H and O–H groups in total. The molecule has 2 rings (SSSR count). The largest absolute Gasteiger partial charge is 0.507 e. The smallest absolute Gasteiger partial charge is 0.259 e. The number of sulfonamides is 1. The van der Waals surface area contributed by atoms with Crippen molar-refractivity contribution >= 4 is 33.2 Å². The normalized spacial score (nSPS) is 11.5. The maximum Gasteiger partial charge on any atom is 0.259 e. The van der Waals surface area contributed by atoms with Crippen LogP contribution < -0.4 is 10.1 Å². The quantitative estimate of drug-likeness (QED) is 0.670. The summed E-state index contributed by atoms with van der Waals surface area (Å²) >= 11 is 5.88. The Morgan fingerprint density at radius 3 is 2.43 bits per heavy atom. The van der Waals surface area contributed by atoms with Gasteiger partial charge in [0, 0.05) is 23.8 Å². The first kappa shape index (κ1) is 22.0. The van der Waals surface area contributed by atoms with Crippen LogP contribution in [0, 0.1) is 0 Å². The number of phenolic OH excluding ortho intramolecular Hbond substituents is 1. The number of halogens is 1. The number of hydrogen-bond donors (Lipinski definition) is 2. The Morgan fingerprint density at radius 2 is 1.82 bits per heavy atom. The maximum absolute atomic E-state index is 13.0. The van der Waals surface area contributed by atoms with Gasteiger partial charge in [-0.15, -0.1) is 0 Å². The topological polar surface area (TPSA) is 95.9 Å². The predicted molar refractivity (Wildman–Crippen MR) is 109 cm³/mol. The molecule has 9 heteroatoms. The zero-order valence-corrected chi connectivity index (χ0v) is 17.5.